The molecular weight excluding hydrogens is 322 g/mol. The number of nitrogens with zero attached hydrogens (tertiary/aromatic N) is 1. The Morgan fingerprint density at radius 3 is 3.10 bits per heavy atom. The van der Waals surface area contributed by atoms with Gasteiger partial charge in [-0.25, -0.2) is 0 Å². The van der Waals surface area contributed by atoms with Crippen LogP contribution in [0.15, 0.2) is 22.7 Å². The number of benzene rings is 1. The van der Waals surface area contributed by atoms with Gasteiger partial charge in [-0.1, -0.05) is 15.9 Å². The van der Waals surface area contributed by atoms with Crippen LogP contribution in [0.1, 0.15) is 29.6 Å². The largest absolute Gasteiger partial charge is 0.496 e. The average Bonchev–Trinajstić information content (AvgIpc) is 2.94. The number of amides is 1. The Balaban J connectivity index is 1.88. The Labute approximate surface area is 127 Å². The van der Waals surface area contributed by atoms with E-state index in [0.717, 1.165) is 23.7 Å². The van der Waals surface area contributed by atoms with Gasteiger partial charge in [0.05, 0.1) is 31.4 Å². The maximum absolute atomic E-state index is 12.8. The highest BCUT2D eigenvalue weighted by molar-refractivity contribution is 9.10. The molecule has 2 atom stereocenters. The lowest BCUT2D eigenvalue weighted by Crippen LogP contribution is -2.51. The number of rotatable bonds is 2. The first-order valence-corrected chi connectivity index (χ1v) is 7.76. The van der Waals surface area contributed by atoms with Gasteiger partial charge in [-0.3, -0.25) is 4.79 Å². The van der Waals surface area contributed by atoms with Gasteiger partial charge < -0.3 is 14.4 Å². The quantitative estimate of drug-likeness (QED) is 0.831. The van der Waals surface area contributed by atoms with Crippen molar-refractivity contribution in [1.29, 1.82) is 0 Å². The summed E-state index contributed by atoms with van der Waals surface area (Å²) in [5.41, 5.74) is 0.628. The molecule has 0 aromatic heterocycles. The van der Waals surface area contributed by atoms with Crippen LogP contribution in [0.2, 0.25) is 0 Å². The van der Waals surface area contributed by atoms with Crippen LogP contribution in [0.5, 0.6) is 5.75 Å². The minimum Gasteiger partial charge on any atom is -0.496 e. The van der Waals surface area contributed by atoms with Gasteiger partial charge in [0.2, 0.25) is 0 Å². The fourth-order valence-corrected chi connectivity index (χ4v) is 3.51. The molecule has 2 aliphatic rings. The third-order valence-corrected chi connectivity index (χ3v) is 4.63. The minimum absolute atomic E-state index is 0.0505. The third-order valence-electron chi connectivity index (χ3n) is 4.14. The standard InChI is InChI=1S/C15H18BrNO3/c1-19-14-9-10(16)5-6-11(14)15(18)17-7-8-20-13-4-2-3-12(13)17/h5-6,9,12-13H,2-4,7-8H2,1H3. The van der Waals surface area contributed by atoms with Crippen LogP contribution in [0, 0.1) is 0 Å². The Kier molecular flexibility index (Phi) is 3.98. The normalized spacial score (nSPS) is 25.4. The smallest absolute Gasteiger partial charge is 0.258 e. The van der Waals surface area contributed by atoms with Crippen LogP contribution in [-0.2, 0) is 4.74 Å². The molecule has 3 rings (SSSR count). The van der Waals surface area contributed by atoms with Crippen molar-refractivity contribution in [3.05, 3.63) is 28.2 Å². The molecule has 1 aromatic rings. The van der Waals surface area contributed by atoms with E-state index in [1.165, 1.54) is 0 Å². The van der Waals surface area contributed by atoms with Crippen molar-refractivity contribution in [3.63, 3.8) is 0 Å². The molecule has 4 nitrogen and oxygen atoms in total. The first kappa shape index (κ1) is 13.9. The lowest BCUT2D eigenvalue weighted by Gasteiger charge is -2.37. The van der Waals surface area contributed by atoms with Crippen molar-refractivity contribution < 1.29 is 14.3 Å². The maximum atomic E-state index is 12.8. The molecule has 1 saturated heterocycles. The summed E-state index contributed by atoms with van der Waals surface area (Å²) in [6.07, 6.45) is 3.45. The number of hydrogen-bond donors (Lipinski definition) is 0. The summed E-state index contributed by atoms with van der Waals surface area (Å²) in [5.74, 6) is 0.667. The highest BCUT2D eigenvalue weighted by Gasteiger charge is 2.39. The molecule has 0 radical (unpaired) electrons. The molecule has 1 amide bonds. The second-order valence-corrected chi connectivity index (χ2v) is 6.17. The third kappa shape index (κ3) is 2.44. The number of hydrogen-bond acceptors (Lipinski definition) is 3. The first-order valence-electron chi connectivity index (χ1n) is 6.97. The molecule has 20 heavy (non-hydrogen) atoms. The highest BCUT2D eigenvalue weighted by atomic mass is 79.9. The van der Waals surface area contributed by atoms with Gasteiger partial charge in [0.25, 0.3) is 5.91 Å². The van der Waals surface area contributed by atoms with Crippen molar-refractivity contribution in [2.45, 2.75) is 31.4 Å². The maximum Gasteiger partial charge on any atom is 0.258 e. The number of methoxy groups -OCH3 is 1. The zero-order chi connectivity index (χ0) is 14.1. The van der Waals surface area contributed by atoms with E-state index in [0.29, 0.717) is 24.5 Å². The summed E-state index contributed by atoms with van der Waals surface area (Å²) in [5, 5.41) is 0. The van der Waals surface area contributed by atoms with E-state index in [2.05, 4.69) is 15.9 Å². The molecule has 2 fully saturated rings. The van der Waals surface area contributed by atoms with Gasteiger partial charge in [-0.15, -0.1) is 0 Å². The molecule has 5 heteroatoms. The predicted molar refractivity (Wildman–Crippen MR) is 79.1 cm³/mol. The molecule has 108 valence electrons. The van der Waals surface area contributed by atoms with Gasteiger partial charge in [0.15, 0.2) is 0 Å². The average molecular weight is 340 g/mol. The summed E-state index contributed by atoms with van der Waals surface area (Å²) in [6.45, 7) is 1.30. The number of carbonyl (C=O) groups excluding carboxylic acids is 1. The summed E-state index contributed by atoms with van der Waals surface area (Å²) < 4.78 is 12.0. The molecule has 0 N–H and O–H groups in total. The summed E-state index contributed by atoms with van der Waals surface area (Å²) >= 11 is 3.40. The van der Waals surface area contributed by atoms with Crippen molar-refractivity contribution in [1.82, 2.24) is 4.90 Å². The van der Waals surface area contributed by atoms with Gasteiger partial charge in [-0.05, 0) is 37.5 Å². The molecule has 1 saturated carbocycles. The fraction of sp³-hybridized carbons (Fsp3) is 0.533. The number of carbonyl (C=O) groups is 1. The molecule has 1 aliphatic heterocycles. The predicted octanol–water partition coefficient (Wildman–Crippen LogP) is 2.85. The zero-order valence-corrected chi connectivity index (χ0v) is 13.1. The van der Waals surface area contributed by atoms with Gasteiger partial charge >= 0.3 is 0 Å². The summed E-state index contributed by atoms with van der Waals surface area (Å²) in [7, 11) is 1.59. The molecule has 0 spiro atoms. The van der Waals surface area contributed by atoms with Gasteiger partial charge in [0.1, 0.15) is 5.75 Å². The Morgan fingerprint density at radius 2 is 2.30 bits per heavy atom. The Morgan fingerprint density at radius 1 is 1.45 bits per heavy atom. The number of halogens is 1. The SMILES string of the molecule is COc1cc(Br)ccc1C(=O)N1CCOC2CCCC21. The Hall–Kier alpha value is -1.07. The molecule has 1 heterocycles. The highest BCUT2D eigenvalue weighted by Crippen LogP contribution is 2.32. The molecule has 1 aliphatic carbocycles. The van der Waals surface area contributed by atoms with Crippen molar-refractivity contribution in [3.8, 4) is 5.75 Å². The van der Waals surface area contributed by atoms with Crippen LogP contribution < -0.4 is 4.74 Å². The topological polar surface area (TPSA) is 38.8 Å². The minimum atomic E-state index is 0.0505. The molecule has 1 aromatic carbocycles. The van der Waals surface area contributed by atoms with Crippen molar-refractivity contribution in [2.24, 2.45) is 0 Å². The molecule has 2 unspecified atom stereocenters. The summed E-state index contributed by atoms with van der Waals surface area (Å²) in [6, 6.07) is 5.76. The van der Waals surface area contributed by atoms with E-state index in [1.54, 1.807) is 7.11 Å². The number of ether oxygens (including phenoxy) is 2. The number of fused-ring (bicyclic) bond motifs is 1. The number of morpholine rings is 1. The van der Waals surface area contributed by atoms with Crippen molar-refractivity contribution in [2.75, 3.05) is 20.3 Å². The summed E-state index contributed by atoms with van der Waals surface area (Å²) in [4.78, 5) is 14.8. The lowest BCUT2D eigenvalue weighted by molar-refractivity contribution is -0.0446. The second-order valence-electron chi connectivity index (χ2n) is 5.25. The zero-order valence-electron chi connectivity index (χ0n) is 11.5. The van der Waals surface area contributed by atoms with E-state index in [9.17, 15) is 4.79 Å². The van der Waals surface area contributed by atoms with Crippen LogP contribution >= 0.6 is 15.9 Å². The van der Waals surface area contributed by atoms with E-state index in [-0.39, 0.29) is 18.1 Å². The molecular formula is C15H18BrNO3. The monoisotopic (exact) mass is 339 g/mol. The van der Waals surface area contributed by atoms with E-state index >= 15 is 0 Å². The van der Waals surface area contributed by atoms with Crippen LogP contribution in [0.3, 0.4) is 0 Å². The van der Waals surface area contributed by atoms with Gasteiger partial charge in [-0.2, -0.15) is 0 Å². The van der Waals surface area contributed by atoms with Crippen LogP contribution in [-0.4, -0.2) is 43.2 Å². The van der Waals surface area contributed by atoms with E-state index < -0.39 is 0 Å². The molecule has 0 bridgehead atoms. The second kappa shape index (κ2) is 5.74. The van der Waals surface area contributed by atoms with Crippen LogP contribution in [0.4, 0.5) is 0 Å². The van der Waals surface area contributed by atoms with E-state index in [4.69, 9.17) is 9.47 Å². The van der Waals surface area contributed by atoms with Crippen LogP contribution in [0.25, 0.3) is 0 Å². The van der Waals surface area contributed by atoms with E-state index in [1.807, 2.05) is 23.1 Å². The first-order chi connectivity index (χ1) is 9.70. The lowest BCUT2D eigenvalue weighted by atomic mass is 10.1. The fourth-order valence-electron chi connectivity index (χ4n) is 3.17. The Bertz CT molecular complexity index is 520. The van der Waals surface area contributed by atoms with Gasteiger partial charge in [0, 0.05) is 11.0 Å². The van der Waals surface area contributed by atoms with Crippen molar-refractivity contribution >= 4 is 21.8 Å².